The molecule has 0 heterocycles. The van der Waals surface area contributed by atoms with Gasteiger partial charge in [-0.25, -0.2) is 10.2 Å². The Morgan fingerprint density at radius 3 is 2.68 bits per heavy atom. The van der Waals surface area contributed by atoms with Crippen LogP contribution in [-0.2, 0) is 17.6 Å². The molecule has 9 heteroatoms. The Labute approximate surface area is 161 Å². The summed E-state index contributed by atoms with van der Waals surface area (Å²) in [5.74, 6) is 0.0686. The summed E-state index contributed by atoms with van der Waals surface area (Å²) < 4.78 is 5.64. The van der Waals surface area contributed by atoms with Crippen LogP contribution >= 0.6 is 0 Å². The van der Waals surface area contributed by atoms with Gasteiger partial charge >= 0.3 is 6.03 Å². The average Bonchev–Trinajstić information content (AvgIpc) is 3.14. The fourth-order valence-corrected chi connectivity index (χ4v) is 2.96. The normalized spacial score (nSPS) is 13.2. The number of aryl methyl sites for hydroxylation is 2. The van der Waals surface area contributed by atoms with Crippen molar-refractivity contribution >= 4 is 23.3 Å². The Morgan fingerprint density at radius 1 is 1.11 bits per heavy atom. The van der Waals surface area contributed by atoms with Gasteiger partial charge in [0.05, 0.1) is 4.92 Å². The summed E-state index contributed by atoms with van der Waals surface area (Å²) in [7, 11) is 0. The number of ether oxygens (including phenoxy) is 1. The van der Waals surface area contributed by atoms with Gasteiger partial charge in [0, 0.05) is 17.8 Å². The highest BCUT2D eigenvalue weighted by atomic mass is 16.6. The topological polar surface area (TPSA) is 123 Å². The Hall–Kier alpha value is -3.62. The smallest absolute Gasteiger partial charge is 0.337 e. The predicted octanol–water partition coefficient (Wildman–Crippen LogP) is 2.70. The molecule has 0 fully saturated rings. The summed E-state index contributed by atoms with van der Waals surface area (Å²) in [6, 6.07) is 10.5. The number of nitro benzene ring substituents is 1. The fourth-order valence-electron chi connectivity index (χ4n) is 2.96. The second-order valence-corrected chi connectivity index (χ2v) is 6.42. The minimum Gasteiger partial charge on any atom is -0.481 e. The average molecular weight is 384 g/mol. The van der Waals surface area contributed by atoms with Gasteiger partial charge in [0.2, 0.25) is 0 Å². The van der Waals surface area contributed by atoms with Crippen molar-refractivity contribution in [3.05, 3.63) is 63.7 Å². The molecule has 3 N–H and O–H groups in total. The number of nitrogens with zero attached hydrogens (tertiary/aromatic N) is 1. The quantitative estimate of drug-likeness (QED) is 0.540. The lowest BCUT2D eigenvalue weighted by molar-refractivity contribution is -0.384. The SMILES string of the molecule is C[C@@H](Oc1ccc2c(c1)CCC2)C(=O)NNC(=O)Nc1cccc([N+](=O)[O-])c1. The molecule has 0 spiro atoms. The van der Waals surface area contributed by atoms with Crippen LogP contribution in [0, 0.1) is 10.1 Å². The predicted molar refractivity (Wildman–Crippen MR) is 102 cm³/mol. The Kier molecular flexibility index (Phi) is 5.73. The molecule has 1 atom stereocenters. The highest BCUT2D eigenvalue weighted by molar-refractivity contribution is 5.91. The molecule has 2 aromatic carbocycles. The van der Waals surface area contributed by atoms with Crippen molar-refractivity contribution in [1.82, 2.24) is 10.9 Å². The van der Waals surface area contributed by atoms with Crippen LogP contribution < -0.4 is 20.9 Å². The zero-order chi connectivity index (χ0) is 20.1. The van der Waals surface area contributed by atoms with Crippen LogP contribution in [0.4, 0.5) is 16.2 Å². The van der Waals surface area contributed by atoms with Crippen LogP contribution in [-0.4, -0.2) is 23.0 Å². The Bertz CT molecular complexity index is 915. The second-order valence-electron chi connectivity index (χ2n) is 6.42. The molecular weight excluding hydrogens is 364 g/mol. The molecule has 28 heavy (non-hydrogen) atoms. The van der Waals surface area contributed by atoms with Gasteiger partial charge in [-0.3, -0.25) is 20.3 Å². The van der Waals surface area contributed by atoms with Gasteiger partial charge < -0.3 is 10.1 Å². The highest BCUT2D eigenvalue weighted by Gasteiger charge is 2.17. The molecule has 1 aliphatic rings. The van der Waals surface area contributed by atoms with Gasteiger partial charge in [-0.1, -0.05) is 12.1 Å². The molecule has 0 saturated carbocycles. The maximum absolute atomic E-state index is 12.1. The molecule has 0 bridgehead atoms. The number of amides is 3. The van der Waals surface area contributed by atoms with Crippen molar-refractivity contribution in [1.29, 1.82) is 0 Å². The third-order valence-corrected chi connectivity index (χ3v) is 4.37. The maximum atomic E-state index is 12.1. The van der Waals surface area contributed by atoms with E-state index in [2.05, 4.69) is 16.2 Å². The first-order valence-corrected chi connectivity index (χ1v) is 8.82. The van der Waals surface area contributed by atoms with Crippen LogP contribution in [0.5, 0.6) is 5.75 Å². The van der Waals surface area contributed by atoms with Crippen molar-refractivity contribution in [2.45, 2.75) is 32.3 Å². The molecule has 9 nitrogen and oxygen atoms in total. The highest BCUT2D eigenvalue weighted by Crippen LogP contribution is 2.26. The van der Waals surface area contributed by atoms with Gasteiger partial charge in [-0.15, -0.1) is 0 Å². The van der Waals surface area contributed by atoms with Gasteiger partial charge in [-0.2, -0.15) is 0 Å². The van der Waals surface area contributed by atoms with Crippen LogP contribution in [0.15, 0.2) is 42.5 Å². The van der Waals surface area contributed by atoms with Crippen LogP contribution in [0.3, 0.4) is 0 Å². The molecule has 0 saturated heterocycles. The van der Waals surface area contributed by atoms with Crippen molar-refractivity contribution in [3.63, 3.8) is 0 Å². The molecule has 0 radical (unpaired) electrons. The third kappa shape index (κ3) is 4.76. The first-order valence-electron chi connectivity index (χ1n) is 8.82. The minimum absolute atomic E-state index is 0.154. The molecular formula is C19H20N4O5. The maximum Gasteiger partial charge on any atom is 0.337 e. The van der Waals surface area contributed by atoms with E-state index in [-0.39, 0.29) is 11.4 Å². The molecule has 3 rings (SSSR count). The summed E-state index contributed by atoms with van der Waals surface area (Å²) in [4.78, 5) is 34.2. The lowest BCUT2D eigenvalue weighted by Crippen LogP contribution is -2.48. The van der Waals surface area contributed by atoms with Crippen LogP contribution in [0.25, 0.3) is 0 Å². The van der Waals surface area contributed by atoms with E-state index in [4.69, 9.17) is 4.74 Å². The number of nitrogens with one attached hydrogen (secondary N) is 3. The summed E-state index contributed by atoms with van der Waals surface area (Å²) in [6.07, 6.45) is 2.37. The molecule has 0 aliphatic heterocycles. The van der Waals surface area contributed by atoms with E-state index in [1.807, 2.05) is 18.2 Å². The van der Waals surface area contributed by atoms with E-state index in [1.165, 1.54) is 35.4 Å². The summed E-state index contributed by atoms with van der Waals surface area (Å²) in [5, 5.41) is 13.1. The summed E-state index contributed by atoms with van der Waals surface area (Å²) in [6.45, 7) is 1.57. The number of hydrogen-bond donors (Lipinski definition) is 3. The van der Waals surface area contributed by atoms with Crippen molar-refractivity contribution in [2.75, 3.05) is 5.32 Å². The Morgan fingerprint density at radius 2 is 1.89 bits per heavy atom. The number of nitro groups is 1. The van der Waals surface area contributed by atoms with E-state index in [0.717, 1.165) is 19.3 Å². The number of carbonyl (C=O) groups excluding carboxylic acids is 2. The largest absolute Gasteiger partial charge is 0.481 e. The second kappa shape index (κ2) is 8.38. The standard InChI is InChI=1S/C19H20N4O5/c1-12(28-17-9-8-13-4-2-5-14(13)10-17)18(24)21-22-19(25)20-15-6-3-7-16(11-15)23(26)27/h3,6-12H,2,4-5H2,1H3,(H,21,24)(H2,20,22,25)/t12-/m1/s1. The first-order chi connectivity index (χ1) is 13.4. The number of non-ortho nitro benzene ring substituents is 1. The number of rotatable bonds is 5. The number of hydrazine groups is 1. The lowest BCUT2D eigenvalue weighted by Gasteiger charge is -2.16. The van der Waals surface area contributed by atoms with Crippen LogP contribution in [0.1, 0.15) is 24.5 Å². The number of urea groups is 1. The fraction of sp³-hybridized carbons (Fsp3) is 0.263. The zero-order valence-electron chi connectivity index (χ0n) is 15.2. The van der Waals surface area contributed by atoms with E-state index < -0.39 is 23.0 Å². The number of anilines is 1. The molecule has 146 valence electrons. The van der Waals surface area contributed by atoms with Gasteiger partial charge in [0.25, 0.3) is 11.6 Å². The Balaban J connectivity index is 1.48. The monoisotopic (exact) mass is 384 g/mol. The molecule has 2 aromatic rings. The van der Waals surface area contributed by atoms with Crippen molar-refractivity contribution in [2.24, 2.45) is 0 Å². The van der Waals surface area contributed by atoms with Gasteiger partial charge in [0.1, 0.15) is 5.75 Å². The zero-order valence-corrected chi connectivity index (χ0v) is 15.2. The number of carbonyl (C=O) groups is 2. The number of fused-ring (bicyclic) bond motifs is 1. The van der Waals surface area contributed by atoms with E-state index in [9.17, 15) is 19.7 Å². The number of benzene rings is 2. The summed E-state index contributed by atoms with van der Waals surface area (Å²) >= 11 is 0. The van der Waals surface area contributed by atoms with Crippen molar-refractivity contribution in [3.8, 4) is 5.75 Å². The van der Waals surface area contributed by atoms with Gasteiger partial charge in [-0.05, 0) is 55.5 Å². The van der Waals surface area contributed by atoms with E-state index in [0.29, 0.717) is 5.75 Å². The van der Waals surface area contributed by atoms with Gasteiger partial charge in [0.15, 0.2) is 6.10 Å². The number of hydrogen-bond acceptors (Lipinski definition) is 5. The van der Waals surface area contributed by atoms with Crippen molar-refractivity contribution < 1.29 is 19.2 Å². The molecule has 1 aliphatic carbocycles. The molecule has 0 unspecified atom stereocenters. The first kappa shape index (κ1) is 19.2. The molecule has 0 aromatic heterocycles. The molecule has 3 amide bonds. The van der Waals surface area contributed by atoms with E-state index in [1.54, 1.807) is 6.92 Å². The third-order valence-electron chi connectivity index (χ3n) is 4.37. The lowest BCUT2D eigenvalue weighted by atomic mass is 10.1. The van der Waals surface area contributed by atoms with E-state index >= 15 is 0 Å². The minimum atomic E-state index is -0.822. The summed E-state index contributed by atoms with van der Waals surface area (Å²) in [5.41, 5.74) is 7.06. The van der Waals surface area contributed by atoms with Crippen LogP contribution in [0.2, 0.25) is 0 Å².